The molecule has 1 aliphatic heterocycles. The molecule has 0 spiro atoms. The minimum Gasteiger partial charge on any atom is -0.496 e. The number of rotatable bonds is 4. The van der Waals surface area contributed by atoms with Crippen LogP contribution in [0, 0.1) is 5.92 Å². The highest BCUT2D eigenvalue weighted by atomic mass is 16.5. The molecule has 1 heterocycles. The summed E-state index contributed by atoms with van der Waals surface area (Å²) in [7, 11) is 2.77. The van der Waals surface area contributed by atoms with Crippen LogP contribution in [-0.4, -0.2) is 36.9 Å². The molecule has 112 valence electrons. The lowest BCUT2D eigenvalue weighted by molar-refractivity contribution is -0.139. The maximum Gasteiger partial charge on any atom is 0.337 e. The number of methoxy groups -OCH3 is 2. The van der Waals surface area contributed by atoms with Crippen LogP contribution in [0.3, 0.4) is 0 Å². The van der Waals surface area contributed by atoms with Gasteiger partial charge in [-0.05, 0) is 12.1 Å². The number of hydrogen-bond donors (Lipinski definition) is 0. The van der Waals surface area contributed by atoms with Gasteiger partial charge in [0.1, 0.15) is 5.75 Å². The Morgan fingerprint density at radius 2 is 2.05 bits per heavy atom. The first-order valence-corrected chi connectivity index (χ1v) is 6.57. The van der Waals surface area contributed by atoms with Crippen molar-refractivity contribution in [3.8, 4) is 5.75 Å². The fourth-order valence-corrected chi connectivity index (χ4v) is 2.30. The van der Waals surface area contributed by atoms with Gasteiger partial charge < -0.3 is 9.47 Å². The van der Waals surface area contributed by atoms with Gasteiger partial charge in [0.15, 0.2) is 0 Å². The number of carbonyl (C=O) groups is 3. The molecule has 0 aromatic heterocycles. The molecular weight excluding hydrogens is 274 g/mol. The van der Waals surface area contributed by atoms with Gasteiger partial charge in [0.25, 0.3) is 0 Å². The average molecular weight is 291 g/mol. The normalized spacial score (nSPS) is 18.0. The van der Waals surface area contributed by atoms with Crippen LogP contribution in [0.5, 0.6) is 5.75 Å². The SMILES string of the molecule is COC(=O)c1ccc(CN2C(=O)CC(C)C2=O)c(OC)c1. The Morgan fingerprint density at radius 3 is 2.57 bits per heavy atom. The summed E-state index contributed by atoms with van der Waals surface area (Å²) < 4.78 is 9.88. The van der Waals surface area contributed by atoms with E-state index in [2.05, 4.69) is 4.74 Å². The van der Waals surface area contributed by atoms with E-state index in [4.69, 9.17) is 4.74 Å². The standard InChI is InChI=1S/C15H17NO5/c1-9-6-13(17)16(14(9)18)8-11-5-4-10(15(19)21-3)7-12(11)20-2/h4-5,7,9H,6,8H2,1-3H3. The molecule has 0 radical (unpaired) electrons. The summed E-state index contributed by atoms with van der Waals surface area (Å²) in [6.07, 6.45) is 0.237. The Bertz CT molecular complexity index is 596. The lowest BCUT2D eigenvalue weighted by Gasteiger charge is -2.17. The number of likely N-dealkylation sites (tertiary alicyclic amines) is 1. The Labute approximate surface area is 122 Å². The second-order valence-electron chi connectivity index (χ2n) is 4.94. The molecule has 1 aromatic rings. The second kappa shape index (κ2) is 5.95. The van der Waals surface area contributed by atoms with E-state index in [0.29, 0.717) is 16.9 Å². The summed E-state index contributed by atoms with van der Waals surface area (Å²) in [6, 6.07) is 4.78. The molecule has 6 nitrogen and oxygen atoms in total. The van der Waals surface area contributed by atoms with Crippen LogP contribution in [0.25, 0.3) is 0 Å². The van der Waals surface area contributed by atoms with Crippen molar-refractivity contribution in [2.75, 3.05) is 14.2 Å². The Hall–Kier alpha value is -2.37. The minimum atomic E-state index is -0.471. The largest absolute Gasteiger partial charge is 0.496 e. The molecule has 0 N–H and O–H groups in total. The smallest absolute Gasteiger partial charge is 0.337 e. The highest BCUT2D eigenvalue weighted by Crippen LogP contribution is 2.26. The van der Waals surface area contributed by atoms with E-state index in [0.717, 1.165) is 0 Å². The molecule has 0 bridgehead atoms. The molecule has 0 aliphatic carbocycles. The van der Waals surface area contributed by atoms with Crippen LogP contribution in [0.4, 0.5) is 0 Å². The van der Waals surface area contributed by atoms with Gasteiger partial charge in [-0.2, -0.15) is 0 Å². The zero-order valence-electron chi connectivity index (χ0n) is 12.2. The number of nitrogens with zero attached hydrogens (tertiary/aromatic N) is 1. The molecule has 2 amide bonds. The van der Waals surface area contributed by atoms with Crippen molar-refractivity contribution in [2.45, 2.75) is 19.9 Å². The van der Waals surface area contributed by atoms with Crippen LogP contribution in [0.2, 0.25) is 0 Å². The van der Waals surface area contributed by atoms with E-state index in [1.807, 2.05) is 0 Å². The van der Waals surface area contributed by atoms with Crippen LogP contribution >= 0.6 is 0 Å². The number of esters is 1. The maximum absolute atomic E-state index is 11.9. The number of amides is 2. The molecule has 2 rings (SSSR count). The summed E-state index contributed by atoms with van der Waals surface area (Å²) in [4.78, 5) is 36.5. The number of benzene rings is 1. The lowest BCUT2D eigenvalue weighted by atomic mass is 10.1. The zero-order chi connectivity index (χ0) is 15.6. The zero-order valence-corrected chi connectivity index (χ0v) is 12.2. The highest BCUT2D eigenvalue weighted by molar-refractivity contribution is 6.03. The fraction of sp³-hybridized carbons (Fsp3) is 0.400. The summed E-state index contributed by atoms with van der Waals surface area (Å²) in [5.41, 5.74) is 1.02. The Balaban J connectivity index is 2.26. The molecule has 1 fully saturated rings. The van der Waals surface area contributed by atoms with Crippen molar-refractivity contribution in [1.82, 2.24) is 4.90 Å². The molecule has 0 saturated carbocycles. The van der Waals surface area contributed by atoms with Gasteiger partial charge in [-0.15, -0.1) is 0 Å². The van der Waals surface area contributed by atoms with Gasteiger partial charge in [-0.3, -0.25) is 14.5 Å². The molecule has 1 saturated heterocycles. The molecule has 1 aliphatic rings. The third-order valence-corrected chi connectivity index (χ3v) is 3.51. The van der Waals surface area contributed by atoms with Crippen molar-refractivity contribution in [3.63, 3.8) is 0 Å². The fourth-order valence-electron chi connectivity index (χ4n) is 2.30. The van der Waals surface area contributed by atoms with E-state index >= 15 is 0 Å². The predicted molar refractivity (Wildman–Crippen MR) is 73.7 cm³/mol. The number of ether oxygens (including phenoxy) is 2. The molecule has 21 heavy (non-hydrogen) atoms. The van der Waals surface area contributed by atoms with Crippen LogP contribution < -0.4 is 4.74 Å². The van der Waals surface area contributed by atoms with Crippen molar-refractivity contribution in [3.05, 3.63) is 29.3 Å². The Morgan fingerprint density at radius 1 is 1.33 bits per heavy atom. The molecule has 1 aromatic carbocycles. The molecular formula is C15H17NO5. The summed E-state index contributed by atoms with van der Waals surface area (Å²) in [5.74, 6) is -0.677. The Kier molecular flexibility index (Phi) is 4.26. The topological polar surface area (TPSA) is 72.9 Å². The maximum atomic E-state index is 11.9. The van der Waals surface area contributed by atoms with E-state index in [1.165, 1.54) is 25.2 Å². The van der Waals surface area contributed by atoms with E-state index in [9.17, 15) is 14.4 Å². The number of imide groups is 1. The van der Waals surface area contributed by atoms with E-state index in [1.54, 1.807) is 19.1 Å². The van der Waals surface area contributed by atoms with E-state index < -0.39 is 5.97 Å². The van der Waals surface area contributed by atoms with Gasteiger partial charge in [0, 0.05) is 17.9 Å². The molecule has 6 heteroatoms. The van der Waals surface area contributed by atoms with Crippen molar-refractivity contribution in [1.29, 1.82) is 0 Å². The molecule has 1 atom stereocenters. The van der Waals surface area contributed by atoms with Gasteiger partial charge >= 0.3 is 5.97 Å². The van der Waals surface area contributed by atoms with E-state index in [-0.39, 0.29) is 30.7 Å². The third-order valence-electron chi connectivity index (χ3n) is 3.51. The van der Waals surface area contributed by atoms with Gasteiger partial charge in [-0.25, -0.2) is 4.79 Å². The second-order valence-corrected chi connectivity index (χ2v) is 4.94. The molecule has 1 unspecified atom stereocenters. The minimum absolute atomic E-state index is 0.145. The first-order chi connectivity index (χ1) is 9.97. The summed E-state index contributed by atoms with van der Waals surface area (Å²) >= 11 is 0. The third kappa shape index (κ3) is 2.89. The summed E-state index contributed by atoms with van der Waals surface area (Å²) in [5, 5.41) is 0. The number of carbonyl (C=O) groups excluding carboxylic acids is 3. The highest BCUT2D eigenvalue weighted by Gasteiger charge is 2.35. The van der Waals surface area contributed by atoms with Crippen molar-refractivity contribution < 1.29 is 23.9 Å². The van der Waals surface area contributed by atoms with Gasteiger partial charge in [0.2, 0.25) is 11.8 Å². The first-order valence-electron chi connectivity index (χ1n) is 6.57. The number of hydrogen-bond acceptors (Lipinski definition) is 5. The van der Waals surface area contributed by atoms with Crippen molar-refractivity contribution >= 4 is 17.8 Å². The average Bonchev–Trinajstić information content (AvgIpc) is 2.73. The van der Waals surface area contributed by atoms with Crippen LogP contribution in [-0.2, 0) is 20.9 Å². The van der Waals surface area contributed by atoms with Gasteiger partial charge in [-0.1, -0.05) is 13.0 Å². The summed E-state index contributed by atoms with van der Waals surface area (Å²) in [6.45, 7) is 1.88. The predicted octanol–water partition coefficient (Wildman–Crippen LogP) is 1.38. The van der Waals surface area contributed by atoms with Gasteiger partial charge in [0.05, 0.1) is 26.3 Å². The quantitative estimate of drug-likeness (QED) is 0.619. The lowest BCUT2D eigenvalue weighted by Crippen LogP contribution is -2.29. The van der Waals surface area contributed by atoms with Crippen LogP contribution in [0.1, 0.15) is 29.3 Å². The monoisotopic (exact) mass is 291 g/mol. The van der Waals surface area contributed by atoms with Crippen LogP contribution in [0.15, 0.2) is 18.2 Å². The first kappa shape index (κ1) is 15.0. The van der Waals surface area contributed by atoms with Crippen molar-refractivity contribution in [2.24, 2.45) is 5.92 Å².